The van der Waals surface area contributed by atoms with Gasteiger partial charge in [0.15, 0.2) is 0 Å². The third-order valence-corrected chi connectivity index (χ3v) is 7.04. The maximum absolute atomic E-state index is 12.3. The quantitative estimate of drug-likeness (QED) is 0.230. The number of rotatable bonds is 5. The molecular formula is C26H33N7O5S2. The van der Waals surface area contributed by atoms with Crippen molar-refractivity contribution in [1.29, 1.82) is 0 Å². The van der Waals surface area contributed by atoms with Gasteiger partial charge in [0.25, 0.3) is 5.91 Å². The highest BCUT2D eigenvalue weighted by Crippen LogP contribution is 2.29. The molecule has 40 heavy (non-hydrogen) atoms. The largest absolute Gasteiger partial charge is 0.461 e. The summed E-state index contributed by atoms with van der Waals surface area (Å²) in [5.41, 5.74) is 14.6. The fraction of sp³-hybridized carbons (Fsp3) is 0.308. The van der Waals surface area contributed by atoms with Gasteiger partial charge in [0.1, 0.15) is 10.0 Å². The van der Waals surface area contributed by atoms with Crippen LogP contribution in [0.2, 0.25) is 0 Å². The lowest BCUT2D eigenvalue weighted by Gasteiger charge is -2.25. The lowest BCUT2D eigenvalue weighted by molar-refractivity contribution is 0.0302. The Morgan fingerprint density at radius 3 is 1.85 bits per heavy atom. The molecule has 0 atom stereocenters. The Balaban J connectivity index is 0.000000261. The van der Waals surface area contributed by atoms with Gasteiger partial charge in [0, 0.05) is 42.7 Å². The molecule has 0 unspecified atom stereocenters. The van der Waals surface area contributed by atoms with Crippen LogP contribution < -0.4 is 11.5 Å². The van der Waals surface area contributed by atoms with E-state index in [0.717, 1.165) is 18.2 Å². The van der Waals surface area contributed by atoms with Gasteiger partial charge in [0.05, 0.1) is 19.8 Å². The minimum absolute atomic E-state index is 0. The molecule has 1 fully saturated rings. The number of aliphatic hydroxyl groups is 1. The van der Waals surface area contributed by atoms with Crippen molar-refractivity contribution in [3.63, 3.8) is 0 Å². The van der Waals surface area contributed by atoms with E-state index in [1.807, 2.05) is 36.4 Å². The number of nitrogens with zero attached hydrogens (tertiary/aromatic N) is 5. The third kappa shape index (κ3) is 8.26. The highest BCUT2D eigenvalue weighted by molar-refractivity contribution is 7.16. The monoisotopic (exact) mass is 587 g/mol. The number of amides is 1. The predicted octanol–water partition coefficient (Wildman–Crippen LogP) is 3.47. The Hall–Kier alpha value is -3.98. The molecule has 0 radical (unpaired) electrons. The lowest BCUT2D eigenvalue weighted by atomic mass is 10.2. The number of aliphatic hydroxyl groups excluding tert-OH is 1. The number of nitrogens with two attached hydrogens (primary N) is 2. The first-order valence-corrected chi connectivity index (χ1v) is 13.5. The molecule has 14 heteroatoms. The molecule has 1 amide bonds. The van der Waals surface area contributed by atoms with E-state index >= 15 is 0 Å². The van der Waals surface area contributed by atoms with Gasteiger partial charge in [-0.3, -0.25) is 4.79 Å². The molecule has 4 aromatic rings. The van der Waals surface area contributed by atoms with Gasteiger partial charge in [-0.25, -0.2) is 4.79 Å². The molecule has 5 N–H and O–H groups in total. The molecule has 214 valence electrons. The van der Waals surface area contributed by atoms with Crippen molar-refractivity contribution in [2.45, 2.75) is 14.4 Å². The first-order chi connectivity index (χ1) is 19.0. The van der Waals surface area contributed by atoms with E-state index in [9.17, 15) is 9.59 Å². The summed E-state index contributed by atoms with van der Waals surface area (Å²) in [6, 6.07) is 14.7. The van der Waals surface area contributed by atoms with E-state index in [4.69, 9.17) is 26.0 Å². The van der Waals surface area contributed by atoms with Crippen molar-refractivity contribution in [2.75, 3.05) is 51.5 Å². The Kier molecular flexibility index (Phi) is 13.1. The first-order valence-electron chi connectivity index (χ1n) is 11.8. The standard InChI is InChI=1S/C13H14N4O2S.C11H11N3O2S.CH4O.CH4/c14-10-4-2-1-3-9(10)11-15-16-12(20-11)13(18)17-5-7-19-8-6-17;1-2-16-11(15)10-14-13-9(17-10)7-5-3-4-6-8(7)12;1-2;/h1-4H,5-8,14H2;3-6H,2,12H2,1H3;2H,1H3;1H4. The number of morpholine rings is 1. The number of benzene rings is 2. The normalized spacial score (nSPS) is 12.1. The molecule has 2 aromatic heterocycles. The van der Waals surface area contributed by atoms with Crippen LogP contribution in [-0.2, 0) is 9.47 Å². The summed E-state index contributed by atoms with van der Waals surface area (Å²) in [6.07, 6.45) is 0. The van der Waals surface area contributed by atoms with E-state index in [0.29, 0.717) is 59.3 Å². The smallest absolute Gasteiger partial charge is 0.369 e. The zero-order valence-electron chi connectivity index (χ0n) is 21.4. The number of nitrogen functional groups attached to an aromatic ring is 2. The van der Waals surface area contributed by atoms with Crippen LogP contribution in [-0.4, -0.2) is 82.3 Å². The molecule has 3 heterocycles. The number of anilines is 2. The number of hydrogen-bond acceptors (Lipinski definition) is 13. The van der Waals surface area contributed by atoms with Crippen LogP contribution in [0.1, 0.15) is 34.0 Å². The summed E-state index contributed by atoms with van der Waals surface area (Å²) >= 11 is 2.44. The molecule has 5 rings (SSSR count). The molecule has 1 aliphatic rings. The van der Waals surface area contributed by atoms with Crippen LogP contribution in [0.3, 0.4) is 0 Å². The van der Waals surface area contributed by atoms with Gasteiger partial charge >= 0.3 is 5.97 Å². The van der Waals surface area contributed by atoms with Gasteiger partial charge < -0.3 is 30.9 Å². The maximum atomic E-state index is 12.3. The molecule has 2 aromatic carbocycles. The van der Waals surface area contributed by atoms with Crippen molar-refractivity contribution in [2.24, 2.45) is 0 Å². The number of carbonyl (C=O) groups excluding carboxylic acids is 2. The number of esters is 1. The fourth-order valence-electron chi connectivity index (χ4n) is 3.31. The summed E-state index contributed by atoms with van der Waals surface area (Å²) in [7, 11) is 1.00. The average molecular weight is 588 g/mol. The van der Waals surface area contributed by atoms with Crippen molar-refractivity contribution in [1.82, 2.24) is 25.3 Å². The minimum atomic E-state index is -0.453. The molecule has 0 saturated carbocycles. The van der Waals surface area contributed by atoms with Gasteiger partial charge in [0.2, 0.25) is 10.0 Å². The number of aromatic nitrogens is 4. The van der Waals surface area contributed by atoms with Crippen molar-refractivity contribution < 1.29 is 24.2 Å². The second-order valence-corrected chi connectivity index (χ2v) is 9.58. The SMILES string of the molecule is C.CCOC(=O)c1nnc(-c2ccccc2N)s1.CO.Nc1ccccc1-c1nnc(C(=O)N2CCOCC2)s1. The highest BCUT2D eigenvalue weighted by Gasteiger charge is 2.23. The van der Waals surface area contributed by atoms with Crippen LogP contribution in [0, 0.1) is 0 Å². The zero-order valence-corrected chi connectivity index (χ0v) is 23.1. The van der Waals surface area contributed by atoms with E-state index < -0.39 is 5.97 Å². The van der Waals surface area contributed by atoms with E-state index in [2.05, 4.69) is 20.4 Å². The van der Waals surface area contributed by atoms with Gasteiger partial charge in [-0.05, 0) is 31.2 Å². The van der Waals surface area contributed by atoms with Crippen LogP contribution in [0.25, 0.3) is 21.1 Å². The summed E-state index contributed by atoms with van der Waals surface area (Å²) in [5, 5.41) is 24.7. The average Bonchev–Trinajstić information content (AvgIpc) is 3.66. The van der Waals surface area contributed by atoms with Gasteiger partial charge in [-0.1, -0.05) is 54.4 Å². The molecule has 0 bridgehead atoms. The van der Waals surface area contributed by atoms with Gasteiger partial charge in [-0.2, -0.15) is 0 Å². The Bertz CT molecular complexity index is 1370. The summed E-state index contributed by atoms with van der Waals surface area (Å²) in [5.74, 6) is -0.544. The van der Waals surface area contributed by atoms with E-state index in [1.54, 1.807) is 24.0 Å². The van der Waals surface area contributed by atoms with Crippen LogP contribution in [0.5, 0.6) is 0 Å². The predicted molar refractivity (Wildman–Crippen MR) is 157 cm³/mol. The van der Waals surface area contributed by atoms with E-state index in [1.165, 1.54) is 22.7 Å². The van der Waals surface area contributed by atoms with Crippen molar-refractivity contribution in [3.8, 4) is 21.1 Å². The zero-order chi connectivity index (χ0) is 28.2. The lowest BCUT2D eigenvalue weighted by Crippen LogP contribution is -2.40. The molecule has 1 aliphatic heterocycles. The Morgan fingerprint density at radius 1 is 0.875 bits per heavy atom. The highest BCUT2D eigenvalue weighted by atomic mass is 32.1. The molecule has 0 spiro atoms. The molecular weight excluding hydrogens is 554 g/mol. The summed E-state index contributed by atoms with van der Waals surface area (Å²) < 4.78 is 10.1. The third-order valence-electron chi connectivity index (χ3n) is 5.16. The fourth-order valence-corrected chi connectivity index (χ4v) is 4.95. The number of carbonyl (C=O) groups is 2. The second kappa shape index (κ2) is 16.2. The summed E-state index contributed by atoms with van der Waals surface area (Å²) in [4.78, 5) is 25.4. The van der Waals surface area contributed by atoms with Crippen molar-refractivity contribution in [3.05, 3.63) is 58.5 Å². The molecule has 1 saturated heterocycles. The topological polar surface area (TPSA) is 180 Å². The van der Waals surface area contributed by atoms with Gasteiger partial charge in [-0.15, -0.1) is 20.4 Å². The number of para-hydroxylation sites is 2. The van der Waals surface area contributed by atoms with E-state index in [-0.39, 0.29) is 18.3 Å². The molecule has 12 nitrogen and oxygen atoms in total. The minimum Gasteiger partial charge on any atom is -0.461 e. The number of hydrogen-bond donors (Lipinski definition) is 3. The van der Waals surface area contributed by atoms with Crippen LogP contribution >= 0.6 is 22.7 Å². The molecule has 0 aliphatic carbocycles. The second-order valence-electron chi connectivity index (χ2n) is 7.62. The summed E-state index contributed by atoms with van der Waals surface area (Å²) in [6.45, 7) is 4.41. The number of ether oxygens (including phenoxy) is 2. The first kappa shape index (κ1) is 32.2. The van der Waals surface area contributed by atoms with Crippen LogP contribution in [0.15, 0.2) is 48.5 Å². The Labute approximate surface area is 240 Å². The van der Waals surface area contributed by atoms with Crippen molar-refractivity contribution >= 4 is 45.9 Å². The van der Waals surface area contributed by atoms with Crippen LogP contribution in [0.4, 0.5) is 11.4 Å². The maximum Gasteiger partial charge on any atom is 0.369 e. The Morgan fingerprint density at radius 2 is 1.35 bits per heavy atom.